The summed E-state index contributed by atoms with van der Waals surface area (Å²) in [4.78, 5) is 36.6. The van der Waals surface area contributed by atoms with Crippen LogP contribution in [0.25, 0.3) is 11.2 Å². The maximum Gasteiger partial charge on any atom is 0.330 e. The number of amides is 1. The van der Waals surface area contributed by atoms with Crippen LogP contribution < -0.4 is 11.0 Å². The lowest BCUT2D eigenvalue weighted by Gasteiger charge is -2.27. The van der Waals surface area contributed by atoms with Crippen molar-refractivity contribution in [3.05, 3.63) is 46.0 Å². The molecular formula is C23H28N6O4. The average Bonchev–Trinajstić information content (AvgIpc) is 3.10. The maximum absolute atomic E-state index is 12.9. The van der Waals surface area contributed by atoms with Gasteiger partial charge in [0.15, 0.2) is 5.65 Å². The number of nitrogens with zero attached hydrogens (tertiary/aromatic N) is 5. The van der Waals surface area contributed by atoms with Crippen LogP contribution in [0.4, 0.5) is 11.6 Å². The molecule has 2 aromatic heterocycles. The van der Waals surface area contributed by atoms with Gasteiger partial charge in [-0.25, -0.2) is 9.78 Å². The highest BCUT2D eigenvalue weighted by molar-refractivity contribution is 5.95. The van der Waals surface area contributed by atoms with Gasteiger partial charge in [-0.05, 0) is 43.5 Å². The van der Waals surface area contributed by atoms with Gasteiger partial charge in [-0.3, -0.25) is 13.9 Å². The van der Waals surface area contributed by atoms with Crippen LogP contribution in [0.1, 0.15) is 34.8 Å². The summed E-state index contributed by atoms with van der Waals surface area (Å²) in [6.07, 6.45) is 3.24. The Labute approximate surface area is 191 Å². The van der Waals surface area contributed by atoms with E-state index in [1.54, 1.807) is 22.4 Å². The lowest BCUT2D eigenvalue weighted by Crippen LogP contribution is -2.40. The standard InChI is InChI=1S/C23H28N6O4/c1-15-13-16(21(30)28-7-11-33-12-8-28)3-4-18(15)25-22-24-14-19-20(26-22)29(23(31)27(19)2)17-5-9-32-10-6-17/h3-4,13-14,17H,5-12H2,1-2H3,(H,24,25,26). The van der Waals surface area contributed by atoms with Crippen molar-refractivity contribution in [2.75, 3.05) is 44.8 Å². The number of fused-ring (bicyclic) bond motifs is 1. The number of imidazole rings is 1. The Morgan fingerprint density at radius 3 is 2.58 bits per heavy atom. The largest absolute Gasteiger partial charge is 0.381 e. The van der Waals surface area contributed by atoms with E-state index in [1.165, 1.54) is 0 Å². The van der Waals surface area contributed by atoms with E-state index in [-0.39, 0.29) is 17.6 Å². The highest BCUT2D eigenvalue weighted by atomic mass is 16.5. The maximum atomic E-state index is 12.9. The fourth-order valence-corrected chi connectivity index (χ4v) is 4.47. The lowest BCUT2D eigenvalue weighted by molar-refractivity contribution is 0.0303. The number of morpholine rings is 1. The number of carbonyl (C=O) groups excluding carboxylic acids is 1. The normalized spacial score (nSPS) is 17.5. The van der Waals surface area contributed by atoms with Crippen LogP contribution in [-0.4, -0.2) is 69.4 Å². The number of carbonyl (C=O) groups is 1. The fourth-order valence-electron chi connectivity index (χ4n) is 4.47. The van der Waals surface area contributed by atoms with Crippen LogP contribution in [0.15, 0.2) is 29.2 Å². The zero-order valence-electron chi connectivity index (χ0n) is 18.9. The third kappa shape index (κ3) is 4.11. The Morgan fingerprint density at radius 2 is 1.85 bits per heavy atom. The summed E-state index contributed by atoms with van der Waals surface area (Å²) in [6, 6.07) is 5.61. The Hall–Kier alpha value is -3.24. The smallest absolute Gasteiger partial charge is 0.330 e. The van der Waals surface area contributed by atoms with Crippen LogP contribution in [0, 0.1) is 6.92 Å². The topological polar surface area (TPSA) is 104 Å². The number of nitrogens with one attached hydrogen (secondary N) is 1. The third-order valence-corrected chi connectivity index (χ3v) is 6.41. The number of benzene rings is 1. The molecule has 2 saturated heterocycles. The van der Waals surface area contributed by atoms with Crippen LogP contribution in [0.2, 0.25) is 0 Å². The molecule has 0 aliphatic carbocycles. The number of aryl methyl sites for hydroxylation is 2. The van der Waals surface area contributed by atoms with Crippen molar-refractivity contribution in [1.29, 1.82) is 0 Å². The molecule has 5 rings (SSSR count). The van der Waals surface area contributed by atoms with E-state index < -0.39 is 0 Å². The molecule has 33 heavy (non-hydrogen) atoms. The van der Waals surface area contributed by atoms with Gasteiger partial charge in [0.1, 0.15) is 5.52 Å². The summed E-state index contributed by atoms with van der Waals surface area (Å²) in [5.74, 6) is 0.416. The van der Waals surface area contributed by atoms with Gasteiger partial charge in [0.05, 0.1) is 19.4 Å². The molecule has 10 nitrogen and oxygen atoms in total. The molecule has 4 heterocycles. The van der Waals surface area contributed by atoms with Gasteiger partial charge in [0.2, 0.25) is 5.95 Å². The van der Waals surface area contributed by atoms with Gasteiger partial charge >= 0.3 is 5.69 Å². The van der Waals surface area contributed by atoms with Crippen molar-refractivity contribution in [2.45, 2.75) is 25.8 Å². The van der Waals surface area contributed by atoms with Crippen LogP contribution in [0.3, 0.4) is 0 Å². The second-order valence-corrected chi connectivity index (χ2v) is 8.52. The molecule has 0 radical (unpaired) electrons. The molecule has 2 aliphatic rings. The summed E-state index contributed by atoms with van der Waals surface area (Å²) < 4.78 is 14.1. The minimum atomic E-state index is -0.0921. The van der Waals surface area contributed by atoms with Crippen molar-refractivity contribution >= 4 is 28.7 Å². The fraction of sp³-hybridized carbons (Fsp3) is 0.478. The first-order valence-corrected chi connectivity index (χ1v) is 11.3. The van der Waals surface area contributed by atoms with Crippen LogP contribution in [-0.2, 0) is 16.5 Å². The molecule has 0 spiro atoms. The second kappa shape index (κ2) is 8.95. The number of anilines is 2. The van der Waals surface area contributed by atoms with Crippen LogP contribution in [0.5, 0.6) is 0 Å². The molecule has 0 saturated carbocycles. The molecule has 2 fully saturated rings. The Kier molecular flexibility index (Phi) is 5.86. The zero-order valence-corrected chi connectivity index (χ0v) is 18.9. The van der Waals surface area contributed by atoms with Crippen molar-refractivity contribution in [1.82, 2.24) is 24.0 Å². The second-order valence-electron chi connectivity index (χ2n) is 8.52. The first-order valence-electron chi connectivity index (χ1n) is 11.3. The number of hydrogen-bond acceptors (Lipinski definition) is 7. The van der Waals surface area contributed by atoms with Gasteiger partial charge in [-0.2, -0.15) is 4.98 Å². The summed E-state index contributed by atoms with van der Waals surface area (Å²) in [7, 11) is 1.74. The Balaban J connectivity index is 1.42. The van der Waals surface area contributed by atoms with Crippen LogP contribution >= 0.6 is 0 Å². The molecule has 0 unspecified atom stereocenters. The third-order valence-electron chi connectivity index (χ3n) is 6.41. The molecule has 1 N–H and O–H groups in total. The molecule has 0 bridgehead atoms. The van der Waals surface area contributed by atoms with E-state index in [1.807, 2.05) is 30.0 Å². The van der Waals surface area contributed by atoms with Gasteiger partial charge in [0, 0.05) is 50.6 Å². The monoisotopic (exact) mass is 452 g/mol. The molecule has 1 amide bonds. The summed E-state index contributed by atoms with van der Waals surface area (Å²) in [5.41, 5.74) is 3.58. The van der Waals surface area contributed by atoms with Crippen molar-refractivity contribution in [2.24, 2.45) is 7.05 Å². The molecule has 10 heteroatoms. The predicted octanol–water partition coefficient (Wildman–Crippen LogP) is 2.01. The highest BCUT2D eigenvalue weighted by Crippen LogP contribution is 2.25. The number of hydrogen-bond donors (Lipinski definition) is 1. The van der Waals surface area contributed by atoms with E-state index in [2.05, 4.69) is 15.3 Å². The molecule has 3 aromatic rings. The molecule has 2 aliphatic heterocycles. The summed E-state index contributed by atoms with van der Waals surface area (Å²) in [5, 5.41) is 3.25. The van der Waals surface area contributed by atoms with E-state index in [9.17, 15) is 9.59 Å². The first kappa shape index (κ1) is 21.6. The van der Waals surface area contributed by atoms with E-state index >= 15 is 0 Å². The molecular weight excluding hydrogens is 424 g/mol. The van der Waals surface area contributed by atoms with Gasteiger partial charge in [0.25, 0.3) is 5.91 Å². The average molecular weight is 453 g/mol. The van der Waals surface area contributed by atoms with Crippen molar-refractivity contribution < 1.29 is 14.3 Å². The number of rotatable bonds is 4. The quantitative estimate of drug-likeness (QED) is 0.646. The van der Waals surface area contributed by atoms with E-state index in [4.69, 9.17) is 9.47 Å². The van der Waals surface area contributed by atoms with Crippen molar-refractivity contribution in [3.8, 4) is 0 Å². The summed E-state index contributed by atoms with van der Waals surface area (Å²) in [6.45, 7) is 5.58. The zero-order chi connectivity index (χ0) is 22.9. The van der Waals surface area contributed by atoms with Gasteiger partial charge in [-0.15, -0.1) is 0 Å². The minimum absolute atomic E-state index is 0.00961. The van der Waals surface area contributed by atoms with E-state index in [0.717, 1.165) is 24.1 Å². The Morgan fingerprint density at radius 1 is 1.12 bits per heavy atom. The SMILES string of the molecule is Cc1cc(C(=O)N2CCOCC2)ccc1Nc1ncc2c(n1)n(C1CCOCC1)c(=O)n2C. The predicted molar refractivity (Wildman–Crippen MR) is 123 cm³/mol. The van der Waals surface area contributed by atoms with E-state index in [0.29, 0.717) is 62.2 Å². The molecule has 1 aromatic carbocycles. The molecule has 0 atom stereocenters. The van der Waals surface area contributed by atoms with Gasteiger partial charge in [-0.1, -0.05) is 0 Å². The van der Waals surface area contributed by atoms with Crippen molar-refractivity contribution in [3.63, 3.8) is 0 Å². The summed E-state index contributed by atoms with van der Waals surface area (Å²) >= 11 is 0. The first-order chi connectivity index (χ1) is 16.0. The van der Waals surface area contributed by atoms with Gasteiger partial charge < -0.3 is 19.7 Å². The number of ether oxygens (including phenoxy) is 2. The minimum Gasteiger partial charge on any atom is -0.381 e. The molecule has 174 valence electrons. The highest BCUT2D eigenvalue weighted by Gasteiger charge is 2.23. The number of aromatic nitrogens is 4. The Bertz CT molecular complexity index is 1240. The lowest BCUT2D eigenvalue weighted by atomic mass is 10.1.